The Morgan fingerprint density at radius 2 is 1.24 bits per heavy atom. The molecule has 0 unspecified atom stereocenters. The first-order chi connectivity index (χ1) is 16.2. The van der Waals surface area contributed by atoms with E-state index in [2.05, 4.69) is 13.8 Å². The zero-order valence-corrected chi connectivity index (χ0v) is 21.0. The topological polar surface area (TPSA) is 35.5 Å². The Morgan fingerprint density at radius 1 is 0.667 bits per heavy atom. The largest absolute Gasteiger partial charge is 0.494 e. The molecule has 0 aliphatic heterocycles. The van der Waals surface area contributed by atoms with Gasteiger partial charge in [0.15, 0.2) is 0 Å². The third-order valence-corrected chi connectivity index (χ3v) is 6.08. The number of hydrogen-bond acceptors (Lipinski definition) is 3. The van der Waals surface area contributed by atoms with E-state index in [4.69, 9.17) is 9.47 Å². The summed E-state index contributed by atoms with van der Waals surface area (Å²) < 4.78 is 11.5. The Labute approximate surface area is 201 Å². The fourth-order valence-electron chi connectivity index (χ4n) is 4.00. The average Bonchev–Trinajstić information content (AvgIpc) is 2.84. The highest BCUT2D eigenvalue weighted by Crippen LogP contribution is 2.22. The van der Waals surface area contributed by atoms with Crippen LogP contribution in [0.2, 0.25) is 0 Å². The Hall–Kier alpha value is -2.29. The summed E-state index contributed by atoms with van der Waals surface area (Å²) in [5, 5.41) is 0. The predicted molar refractivity (Wildman–Crippen MR) is 138 cm³/mol. The van der Waals surface area contributed by atoms with E-state index in [0.29, 0.717) is 11.3 Å². The fraction of sp³-hybridized carbons (Fsp3) is 0.567. The van der Waals surface area contributed by atoms with Crippen LogP contribution in [-0.4, -0.2) is 12.6 Å². The number of esters is 1. The van der Waals surface area contributed by atoms with Gasteiger partial charge in [-0.2, -0.15) is 0 Å². The molecule has 0 N–H and O–H groups in total. The van der Waals surface area contributed by atoms with Crippen LogP contribution in [0.1, 0.15) is 113 Å². The van der Waals surface area contributed by atoms with Crippen LogP contribution >= 0.6 is 0 Å². The van der Waals surface area contributed by atoms with Gasteiger partial charge in [0.05, 0.1) is 12.2 Å². The molecule has 33 heavy (non-hydrogen) atoms. The number of ether oxygens (including phenoxy) is 2. The number of unbranched alkanes of at least 4 members (excludes halogenated alkanes) is 11. The first-order valence-corrected chi connectivity index (χ1v) is 13.3. The van der Waals surface area contributed by atoms with Crippen molar-refractivity contribution in [2.75, 3.05) is 6.61 Å². The smallest absolute Gasteiger partial charge is 0.343 e. The second-order valence-electron chi connectivity index (χ2n) is 9.01. The molecule has 3 nitrogen and oxygen atoms in total. The molecule has 0 aliphatic carbocycles. The highest BCUT2D eigenvalue weighted by atomic mass is 16.5. The molecular formula is C30H44O3. The van der Waals surface area contributed by atoms with Crippen molar-refractivity contribution in [2.24, 2.45) is 0 Å². The van der Waals surface area contributed by atoms with Crippen LogP contribution < -0.4 is 9.47 Å². The minimum Gasteiger partial charge on any atom is -0.494 e. The lowest BCUT2D eigenvalue weighted by Gasteiger charge is -2.11. The molecule has 0 atom stereocenters. The normalized spacial score (nSPS) is 10.8. The third kappa shape index (κ3) is 11.4. The number of benzene rings is 2. The van der Waals surface area contributed by atoms with Crippen molar-refractivity contribution in [1.82, 2.24) is 0 Å². The number of rotatable bonds is 18. The number of carbonyl (C=O) groups is 1. The summed E-state index contributed by atoms with van der Waals surface area (Å²) in [6.07, 6.45) is 17.6. The van der Waals surface area contributed by atoms with E-state index in [1.807, 2.05) is 36.4 Å². The molecule has 0 aliphatic rings. The van der Waals surface area contributed by atoms with E-state index in [1.165, 1.54) is 70.6 Å². The lowest BCUT2D eigenvalue weighted by Crippen LogP contribution is -2.10. The van der Waals surface area contributed by atoms with Gasteiger partial charge in [0.2, 0.25) is 0 Å². The minimum absolute atomic E-state index is 0.320. The number of para-hydroxylation sites is 1. The summed E-state index contributed by atoms with van der Waals surface area (Å²) in [6, 6.07) is 15.1. The maximum atomic E-state index is 12.6. The van der Waals surface area contributed by atoms with E-state index in [1.54, 1.807) is 12.1 Å². The quantitative estimate of drug-likeness (QED) is 0.129. The van der Waals surface area contributed by atoms with Crippen molar-refractivity contribution in [1.29, 1.82) is 0 Å². The number of carbonyl (C=O) groups excluding carboxylic acids is 1. The van der Waals surface area contributed by atoms with E-state index < -0.39 is 0 Å². The first kappa shape index (κ1) is 27.0. The Kier molecular flexibility index (Phi) is 14.1. The molecule has 3 heteroatoms. The second kappa shape index (κ2) is 17.2. The van der Waals surface area contributed by atoms with Gasteiger partial charge in [0, 0.05) is 0 Å². The maximum Gasteiger partial charge on any atom is 0.343 e. The second-order valence-corrected chi connectivity index (χ2v) is 9.01. The summed E-state index contributed by atoms with van der Waals surface area (Å²) in [5.41, 5.74) is 1.64. The van der Waals surface area contributed by atoms with Crippen LogP contribution in [0.3, 0.4) is 0 Å². The van der Waals surface area contributed by atoms with Crippen molar-refractivity contribution < 1.29 is 14.3 Å². The molecule has 0 radical (unpaired) electrons. The average molecular weight is 453 g/mol. The highest BCUT2D eigenvalue weighted by molar-refractivity contribution is 5.91. The van der Waals surface area contributed by atoms with Gasteiger partial charge in [-0.25, -0.2) is 4.79 Å². The molecule has 0 heterocycles. The summed E-state index contributed by atoms with van der Waals surface area (Å²) in [5.74, 6) is 1.15. The van der Waals surface area contributed by atoms with Gasteiger partial charge in [0.25, 0.3) is 0 Å². The third-order valence-electron chi connectivity index (χ3n) is 6.08. The summed E-state index contributed by atoms with van der Waals surface area (Å²) in [6.45, 7) is 5.18. The lowest BCUT2D eigenvalue weighted by atomic mass is 10.1. The van der Waals surface area contributed by atoms with Gasteiger partial charge in [-0.3, -0.25) is 0 Å². The van der Waals surface area contributed by atoms with Gasteiger partial charge < -0.3 is 9.47 Å². The molecule has 0 spiro atoms. The molecule has 0 bridgehead atoms. The monoisotopic (exact) mass is 452 g/mol. The van der Waals surface area contributed by atoms with Gasteiger partial charge in [-0.05, 0) is 55.2 Å². The number of hydrogen-bond donors (Lipinski definition) is 0. The van der Waals surface area contributed by atoms with Crippen LogP contribution in [0.5, 0.6) is 11.5 Å². The Balaban J connectivity index is 1.65. The molecular weight excluding hydrogens is 408 g/mol. The lowest BCUT2D eigenvalue weighted by molar-refractivity contribution is 0.0733. The van der Waals surface area contributed by atoms with Crippen LogP contribution in [-0.2, 0) is 6.42 Å². The van der Waals surface area contributed by atoms with Gasteiger partial charge in [0.1, 0.15) is 11.5 Å². The molecule has 0 saturated carbocycles. The van der Waals surface area contributed by atoms with Crippen LogP contribution in [0, 0.1) is 0 Å². The first-order valence-electron chi connectivity index (χ1n) is 13.3. The molecule has 2 rings (SSSR count). The van der Waals surface area contributed by atoms with Crippen LogP contribution in [0.25, 0.3) is 0 Å². The van der Waals surface area contributed by atoms with Crippen LogP contribution in [0.4, 0.5) is 0 Å². The maximum absolute atomic E-state index is 12.6. The van der Waals surface area contributed by atoms with Gasteiger partial charge in [-0.1, -0.05) is 103 Å². The minimum atomic E-state index is -0.320. The van der Waals surface area contributed by atoms with Crippen molar-refractivity contribution in [3.05, 3.63) is 59.7 Å². The summed E-state index contributed by atoms with van der Waals surface area (Å²) in [7, 11) is 0. The Bertz CT molecular complexity index is 766. The number of aryl methyl sites for hydroxylation is 1. The zero-order valence-electron chi connectivity index (χ0n) is 21.0. The van der Waals surface area contributed by atoms with Crippen molar-refractivity contribution in [3.63, 3.8) is 0 Å². The summed E-state index contributed by atoms with van der Waals surface area (Å²) >= 11 is 0. The standard InChI is InChI=1S/C30H44O3/c1-3-5-7-8-9-10-11-12-13-17-25-32-28-23-21-27(22-24-28)30(31)33-29-20-16-15-19-26(29)18-14-6-4-2/h15-16,19-24H,3-14,17-18,25H2,1-2H3. The van der Waals surface area contributed by atoms with Gasteiger partial charge >= 0.3 is 5.97 Å². The molecule has 0 saturated heterocycles. The Morgan fingerprint density at radius 3 is 1.91 bits per heavy atom. The van der Waals surface area contributed by atoms with Crippen LogP contribution in [0.15, 0.2) is 48.5 Å². The highest BCUT2D eigenvalue weighted by Gasteiger charge is 2.11. The molecule has 0 amide bonds. The summed E-state index contributed by atoms with van der Waals surface area (Å²) in [4.78, 5) is 12.6. The fourth-order valence-corrected chi connectivity index (χ4v) is 4.00. The van der Waals surface area contributed by atoms with Crippen molar-refractivity contribution in [3.8, 4) is 11.5 Å². The van der Waals surface area contributed by atoms with Crippen molar-refractivity contribution >= 4 is 5.97 Å². The molecule has 2 aromatic carbocycles. The zero-order chi connectivity index (χ0) is 23.6. The molecule has 0 aromatic heterocycles. The molecule has 0 fully saturated rings. The molecule has 182 valence electrons. The van der Waals surface area contributed by atoms with Crippen molar-refractivity contribution in [2.45, 2.75) is 104 Å². The van der Waals surface area contributed by atoms with E-state index >= 15 is 0 Å². The van der Waals surface area contributed by atoms with E-state index in [0.717, 1.165) is 37.2 Å². The van der Waals surface area contributed by atoms with E-state index in [9.17, 15) is 4.79 Å². The molecule has 2 aromatic rings. The van der Waals surface area contributed by atoms with Gasteiger partial charge in [-0.15, -0.1) is 0 Å². The predicted octanol–water partition coefficient (Wildman–Crippen LogP) is 8.94. The SMILES string of the molecule is CCCCCCCCCCCCOc1ccc(C(=O)Oc2ccccc2CCCCC)cc1. The van der Waals surface area contributed by atoms with E-state index in [-0.39, 0.29) is 5.97 Å².